The van der Waals surface area contributed by atoms with E-state index in [0.717, 1.165) is 16.8 Å². The van der Waals surface area contributed by atoms with E-state index in [-0.39, 0.29) is 0 Å². The number of furan rings is 1. The van der Waals surface area contributed by atoms with Crippen LogP contribution in [0.4, 0.5) is 0 Å². The highest BCUT2D eigenvalue weighted by Gasteiger charge is 2.06. The molecule has 1 aromatic carbocycles. The number of aromatic nitrogens is 2. The molecule has 3 aromatic rings. The quantitative estimate of drug-likeness (QED) is 0.600. The number of fused-ring (bicyclic) bond motifs is 1. The van der Waals surface area contributed by atoms with Gasteiger partial charge in [-0.3, -0.25) is 0 Å². The van der Waals surface area contributed by atoms with Crippen LogP contribution in [0, 0.1) is 0 Å². The van der Waals surface area contributed by atoms with E-state index in [9.17, 15) is 0 Å². The number of hydrogen-bond acceptors (Lipinski definition) is 3. The zero-order chi connectivity index (χ0) is 10.1. The molecule has 2 heterocycles. The fourth-order valence-electron chi connectivity index (χ4n) is 1.52. The van der Waals surface area contributed by atoms with E-state index in [4.69, 9.17) is 4.42 Å². The third-order valence-electron chi connectivity index (χ3n) is 2.22. The highest BCUT2D eigenvalue weighted by molar-refractivity contribution is 5.75. The SMILES string of the molecule is c1ccc(-c2cc3nccnc3o2)cc1. The van der Waals surface area contributed by atoms with Crippen LogP contribution in [0.25, 0.3) is 22.6 Å². The summed E-state index contributed by atoms with van der Waals surface area (Å²) >= 11 is 0. The van der Waals surface area contributed by atoms with Crippen molar-refractivity contribution in [3.05, 3.63) is 48.8 Å². The summed E-state index contributed by atoms with van der Waals surface area (Å²) in [6.07, 6.45) is 3.28. The Balaban J connectivity index is 2.21. The van der Waals surface area contributed by atoms with E-state index < -0.39 is 0 Å². The van der Waals surface area contributed by atoms with Crippen LogP contribution in [-0.4, -0.2) is 9.97 Å². The standard InChI is InChI=1S/C12H8N2O/c1-2-4-9(5-3-1)11-8-10-12(15-11)14-7-6-13-10/h1-8H. The smallest absolute Gasteiger partial charge is 0.245 e. The van der Waals surface area contributed by atoms with Crippen LogP contribution in [0.5, 0.6) is 0 Å². The molecule has 0 bridgehead atoms. The van der Waals surface area contributed by atoms with E-state index in [1.165, 1.54) is 0 Å². The van der Waals surface area contributed by atoms with Crippen molar-refractivity contribution in [2.45, 2.75) is 0 Å². The number of nitrogens with zero attached hydrogens (tertiary/aromatic N) is 2. The largest absolute Gasteiger partial charge is 0.436 e. The van der Waals surface area contributed by atoms with Gasteiger partial charge in [-0.1, -0.05) is 30.3 Å². The molecule has 0 spiro atoms. The summed E-state index contributed by atoms with van der Waals surface area (Å²) in [5, 5.41) is 0. The summed E-state index contributed by atoms with van der Waals surface area (Å²) in [5.41, 5.74) is 2.41. The average Bonchev–Trinajstić information content (AvgIpc) is 2.74. The molecule has 0 aliphatic heterocycles. The van der Waals surface area contributed by atoms with Crippen molar-refractivity contribution >= 4 is 11.2 Å². The highest BCUT2D eigenvalue weighted by Crippen LogP contribution is 2.24. The van der Waals surface area contributed by atoms with E-state index in [0.29, 0.717) is 5.71 Å². The molecule has 15 heavy (non-hydrogen) atoms. The summed E-state index contributed by atoms with van der Waals surface area (Å²) in [5.74, 6) is 0.803. The van der Waals surface area contributed by atoms with Crippen molar-refractivity contribution in [2.24, 2.45) is 0 Å². The molecule has 2 aromatic heterocycles. The molecule has 0 amide bonds. The van der Waals surface area contributed by atoms with Crippen molar-refractivity contribution in [2.75, 3.05) is 0 Å². The normalized spacial score (nSPS) is 10.7. The zero-order valence-corrected chi connectivity index (χ0v) is 7.92. The van der Waals surface area contributed by atoms with Gasteiger partial charge in [-0.25, -0.2) is 9.97 Å². The summed E-state index contributed by atoms with van der Waals surface area (Å²) in [4.78, 5) is 8.27. The minimum atomic E-state index is 0.580. The topological polar surface area (TPSA) is 38.9 Å². The van der Waals surface area contributed by atoms with Gasteiger partial charge in [0.15, 0.2) is 0 Å². The Morgan fingerprint density at radius 3 is 2.53 bits per heavy atom. The van der Waals surface area contributed by atoms with Gasteiger partial charge in [0.05, 0.1) is 0 Å². The second kappa shape index (κ2) is 3.20. The molecule has 3 nitrogen and oxygen atoms in total. The maximum atomic E-state index is 5.58. The predicted molar refractivity (Wildman–Crippen MR) is 57.2 cm³/mol. The molecule has 0 N–H and O–H groups in total. The number of benzene rings is 1. The number of rotatable bonds is 1. The summed E-state index contributed by atoms with van der Waals surface area (Å²) in [6, 6.07) is 11.8. The first-order valence-electron chi connectivity index (χ1n) is 4.69. The molecule has 0 saturated heterocycles. The molecule has 0 unspecified atom stereocenters. The molecule has 0 atom stereocenters. The van der Waals surface area contributed by atoms with Crippen LogP contribution in [0.15, 0.2) is 53.2 Å². The molecule has 0 aliphatic rings. The van der Waals surface area contributed by atoms with Gasteiger partial charge in [0.1, 0.15) is 11.3 Å². The molecule has 0 saturated carbocycles. The lowest BCUT2D eigenvalue weighted by molar-refractivity contribution is 0.617. The Morgan fingerprint density at radius 2 is 1.73 bits per heavy atom. The molecular weight excluding hydrogens is 188 g/mol. The van der Waals surface area contributed by atoms with Crippen LogP contribution in [-0.2, 0) is 0 Å². The first kappa shape index (κ1) is 8.17. The Bertz CT molecular complexity index is 554. The van der Waals surface area contributed by atoms with Crippen molar-refractivity contribution in [3.8, 4) is 11.3 Å². The molecular formula is C12H8N2O. The predicted octanol–water partition coefficient (Wildman–Crippen LogP) is 2.89. The molecule has 3 heteroatoms. The van der Waals surface area contributed by atoms with Crippen molar-refractivity contribution in [1.29, 1.82) is 0 Å². The molecule has 0 fully saturated rings. The van der Waals surface area contributed by atoms with Crippen LogP contribution in [0.1, 0.15) is 0 Å². The monoisotopic (exact) mass is 196 g/mol. The Hall–Kier alpha value is -2.16. The van der Waals surface area contributed by atoms with Gasteiger partial charge < -0.3 is 4.42 Å². The summed E-state index contributed by atoms with van der Waals surface area (Å²) < 4.78 is 5.58. The summed E-state index contributed by atoms with van der Waals surface area (Å²) in [7, 11) is 0. The van der Waals surface area contributed by atoms with Crippen molar-refractivity contribution in [3.63, 3.8) is 0 Å². The summed E-state index contributed by atoms with van der Waals surface area (Å²) in [6.45, 7) is 0. The first-order valence-corrected chi connectivity index (χ1v) is 4.69. The van der Waals surface area contributed by atoms with Crippen LogP contribution >= 0.6 is 0 Å². The minimum absolute atomic E-state index is 0.580. The zero-order valence-electron chi connectivity index (χ0n) is 7.92. The van der Waals surface area contributed by atoms with E-state index in [1.54, 1.807) is 12.4 Å². The van der Waals surface area contributed by atoms with Gasteiger partial charge in [0.25, 0.3) is 0 Å². The second-order valence-electron chi connectivity index (χ2n) is 3.22. The third kappa shape index (κ3) is 1.38. The van der Waals surface area contributed by atoms with E-state index in [2.05, 4.69) is 9.97 Å². The maximum Gasteiger partial charge on any atom is 0.245 e. The molecule has 0 aliphatic carbocycles. The van der Waals surface area contributed by atoms with Gasteiger partial charge in [-0.2, -0.15) is 0 Å². The van der Waals surface area contributed by atoms with Gasteiger partial charge >= 0.3 is 0 Å². The van der Waals surface area contributed by atoms with Crippen LogP contribution in [0.2, 0.25) is 0 Å². The van der Waals surface area contributed by atoms with Crippen LogP contribution in [0.3, 0.4) is 0 Å². The lowest BCUT2D eigenvalue weighted by Gasteiger charge is -1.92. The third-order valence-corrected chi connectivity index (χ3v) is 2.22. The number of hydrogen-bond donors (Lipinski definition) is 0. The Morgan fingerprint density at radius 1 is 0.933 bits per heavy atom. The lowest BCUT2D eigenvalue weighted by Crippen LogP contribution is -1.73. The fourth-order valence-corrected chi connectivity index (χ4v) is 1.52. The minimum Gasteiger partial charge on any atom is -0.436 e. The Labute approximate surface area is 86.4 Å². The highest BCUT2D eigenvalue weighted by atomic mass is 16.3. The van der Waals surface area contributed by atoms with E-state index >= 15 is 0 Å². The van der Waals surface area contributed by atoms with Gasteiger partial charge in [0.2, 0.25) is 5.71 Å². The van der Waals surface area contributed by atoms with Crippen LogP contribution < -0.4 is 0 Å². The lowest BCUT2D eigenvalue weighted by atomic mass is 10.2. The van der Waals surface area contributed by atoms with Crippen molar-refractivity contribution in [1.82, 2.24) is 9.97 Å². The first-order chi connectivity index (χ1) is 7.43. The fraction of sp³-hybridized carbons (Fsp3) is 0. The average molecular weight is 196 g/mol. The molecule has 3 rings (SSSR count). The van der Waals surface area contributed by atoms with Gasteiger partial charge in [-0.15, -0.1) is 0 Å². The molecule has 72 valence electrons. The Kier molecular flexibility index (Phi) is 1.75. The van der Waals surface area contributed by atoms with Crippen molar-refractivity contribution < 1.29 is 4.42 Å². The second-order valence-corrected chi connectivity index (χ2v) is 3.22. The maximum absolute atomic E-state index is 5.58. The van der Waals surface area contributed by atoms with Gasteiger partial charge in [0, 0.05) is 24.0 Å². The van der Waals surface area contributed by atoms with Gasteiger partial charge in [-0.05, 0) is 0 Å². The molecule has 0 radical (unpaired) electrons. The van der Waals surface area contributed by atoms with E-state index in [1.807, 2.05) is 36.4 Å².